The highest BCUT2D eigenvalue weighted by atomic mass is 35.5. The fraction of sp³-hybridized carbons (Fsp3) is 0.125. The molecule has 0 spiro atoms. The van der Waals surface area contributed by atoms with Crippen LogP contribution in [-0.4, -0.2) is 16.9 Å². The van der Waals surface area contributed by atoms with Crippen LogP contribution in [0, 0.1) is 0 Å². The summed E-state index contributed by atoms with van der Waals surface area (Å²) in [7, 11) is 0. The minimum absolute atomic E-state index is 0.0471. The number of rotatable bonds is 8. The lowest BCUT2D eigenvalue weighted by atomic mass is 10.2. The molecule has 0 radical (unpaired) electrons. The molecule has 0 fully saturated rings. The SMILES string of the molecule is O=C(Cc1nc(COC(=O)/C=C/c2sc3ccccc3c2Cl)cs1)NCc1ccccc1. The number of ether oxygens (including phenoxy) is 1. The van der Waals surface area contributed by atoms with E-state index >= 15 is 0 Å². The maximum Gasteiger partial charge on any atom is 0.331 e. The van der Waals surface area contributed by atoms with Crippen LogP contribution in [0.5, 0.6) is 0 Å². The van der Waals surface area contributed by atoms with E-state index in [9.17, 15) is 9.59 Å². The Morgan fingerprint density at radius 1 is 1.09 bits per heavy atom. The zero-order valence-corrected chi connectivity index (χ0v) is 19.3. The summed E-state index contributed by atoms with van der Waals surface area (Å²) in [6, 6.07) is 17.5. The van der Waals surface area contributed by atoms with Gasteiger partial charge >= 0.3 is 5.97 Å². The van der Waals surface area contributed by atoms with E-state index in [0.29, 0.717) is 22.3 Å². The lowest BCUT2D eigenvalue weighted by Crippen LogP contribution is -2.24. The molecule has 0 aliphatic carbocycles. The molecule has 0 saturated heterocycles. The highest BCUT2D eigenvalue weighted by Gasteiger charge is 2.10. The van der Waals surface area contributed by atoms with Gasteiger partial charge in [-0.1, -0.05) is 60.1 Å². The van der Waals surface area contributed by atoms with Crippen molar-refractivity contribution >= 4 is 62.3 Å². The number of thiophene rings is 1. The van der Waals surface area contributed by atoms with Crippen LogP contribution in [0.15, 0.2) is 66.1 Å². The number of carbonyl (C=O) groups is 2. The normalized spacial score (nSPS) is 11.2. The maximum atomic E-state index is 12.1. The second-order valence-corrected chi connectivity index (χ2v) is 9.29. The number of amides is 1. The average Bonchev–Trinajstić information content (AvgIpc) is 3.39. The Balaban J connectivity index is 1.25. The third-order valence-electron chi connectivity index (χ3n) is 4.54. The number of fused-ring (bicyclic) bond motifs is 1. The van der Waals surface area contributed by atoms with E-state index in [4.69, 9.17) is 16.3 Å². The molecule has 8 heteroatoms. The quantitative estimate of drug-likeness (QED) is 0.261. The molecule has 2 aromatic heterocycles. The molecule has 2 aromatic carbocycles. The zero-order valence-electron chi connectivity index (χ0n) is 16.9. The van der Waals surface area contributed by atoms with E-state index in [1.165, 1.54) is 28.7 Å². The first-order valence-electron chi connectivity index (χ1n) is 9.84. The van der Waals surface area contributed by atoms with Gasteiger partial charge in [0, 0.05) is 33.0 Å². The van der Waals surface area contributed by atoms with Crippen LogP contribution in [0.4, 0.5) is 0 Å². The number of halogens is 1. The third kappa shape index (κ3) is 5.82. The Morgan fingerprint density at radius 2 is 1.88 bits per heavy atom. The zero-order chi connectivity index (χ0) is 22.3. The van der Waals surface area contributed by atoms with Crippen molar-refractivity contribution in [3.05, 3.63) is 92.2 Å². The molecule has 0 unspecified atom stereocenters. The summed E-state index contributed by atoms with van der Waals surface area (Å²) >= 11 is 9.27. The topological polar surface area (TPSA) is 68.3 Å². The minimum atomic E-state index is -0.478. The first-order chi connectivity index (χ1) is 15.6. The number of esters is 1. The van der Waals surface area contributed by atoms with Crippen molar-refractivity contribution in [2.45, 2.75) is 19.6 Å². The van der Waals surface area contributed by atoms with Crippen LogP contribution in [0.1, 0.15) is 21.1 Å². The summed E-state index contributed by atoms with van der Waals surface area (Å²) in [4.78, 5) is 29.4. The Hall–Kier alpha value is -3.00. The van der Waals surface area contributed by atoms with E-state index in [1.807, 2.05) is 54.6 Å². The van der Waals surface area contributed by atoms with Gasteiger partial charge in [0.15, 0.2) is 0 Å². The fourth-order valence-electron chi connectivity index (χ4n) is 2.97. The van der Waals surface area contributed by atoms with Crippen LogP contribution in [0.3, 0.4) is 0 Å². The van der Waals surface area contributed by atoms with Gasteiger partial charge in [-0.3, -0.25) is 4.79 Å². The molecule has 5 nitrogen and oxygen atoms in total. The molecule has 4 rings (SSSR count). The van der Waals surface area contributed by atoms with Crippen molar-refractivity contribution in [1.82, 2.24) is 10.3 Å². The van der Waals surface area contributed by atoms with Crippen molar-refractivity contribution in [3.8, 4) is 0 Å². The number of aromatic nitrogens is 1. The van der Waals surface area contributed by atoms with Gasteiger partial charge < -0.3 is 10.1 Å². The molecule has 4 aromatic rings. The van der Waals surface area contributed by atoms with E-state index < -0.39 is 5.97 Å². The van der Waals surface area contributed by atoms with Gasteiger partial charge in [-0.05, 0) is 17.7 Å². The molecule has 162 valence electrons. The highest BCUT2D eigenvalue weighted by Crippen LogP contribution is 2.35. The molecule has 0 saturated carbocycles. The lowest BCUT2D eigenvalue weighted by molar-refractivity contribution is -0.139. The van der Waals surface area contributed by atoms with Crippen LogP contribution in [-0.2, 0) is 33.9 Å². The monoisotopic (exact) mass is 482 g/mol. The molecule has 0 aliphatic heterocycles. The largest absolute Gasteiger partial charge is 0.456 e. The van der Waals surface area contributed by atoms with Crippen molar-refractivity contribution in [1.29, 1.82) is 0 Å². The van der Waals surface area contributed by atoms with Gasteiger partial charge in [0.1, 0.15) is 11.6 Å². The lowest BCUT2D eigenvalue weighted by Gasteiger charge is -2.03. The molecular weight excluding hydrogens is 464 g/mol. The van der Waals surface area contributed by atoms with E-state index in [0.717, 1.165) is 20.5 Å². The number of thiazole rings is 1. The van der Waals surface area contributed by atoms with Crippen LogP contribution < -0.4 is 5.32 Å². The van der Waals surface area contributed by atoms with Gasteiger partial charge in [-0.15, -0.1) is 22.7 Å². The molecule has 1 N–H and O–H groups in total. The first-order valence-corrected chi connectivity index (χ1v) is 11.9. The van der Waals surface area contributed by atoms with Crippen LogP contribution in [0.25, 0.3) is 16.2 Å². The van der Waals surface area contributed by atoms with Crippen molar-refractivity contribution < 1.29 is 14.3 Å². The number of benzene rings is 2. The molecule has 1 amide bonds. The Bertz CT molecular complexity index is 1260. The van der Waals surface area contributed by atoms with Gasteiger partial charge in [0.25, 0.3) is 0 Å². The summed E-state index contributed by atoms with van der Waals surface area (Å²) in [5, 5.41) is 6.94. The Kier molecular flexibility index (Phi) is 7.32. The van der Waals surface area contributed by atoms with Crippen LogP contribution in [0.2, 0.25) is 5.02 Å². The fourth-order valence-corrected chi connectivity index (χ4v) is 5.15. The first kappa shape index (κ1) is 22.2. The number of carbonyl (C=O) groups excluding carboxylic acids is 2. The molecule has 32 heavy (non-hydrogen) atoms. The number of hydrogen-bond acceptors (Lipinski definition) is 6. The smallest absolute Gasteiger partial charge is 0.331 e. The molecule has 0 aliphatic rings. The van der Waals surface area contributed by atoms with Crippen molar-refractivity contribution in [2.75, 3.05) is 0 Å². The molecule has 0 bridgehead atoms. The highest BCUT2D eigenvalue weighted by molar-refractivity contribution is 7.20. The molecule has 0 atom stereocenters. The predicted molar refractivity (Wildman–Crippen MR) is 130 cm³/mol. The van der Waals surface area contributed by atoms with Gasteiger partial charge in [0.05, 0.1) is 17.1 Å². The van der Waals surface area contributed by atoms with Crippen LogP contribution >= 0.6 is 34.3 Å². The molecular formula is C24H19ClN2O3S2. The Labute approximate surface area is 198 Å². The maximum absolute atomic E-state index is 12.1. The van der Waals surface area contributed by atoms with Gasteiger partial charge in [-0.25, -0.2) is 9.78 Å². The number of hydrogen-bond donors (Lipinski definition) is 1. The van der Waals surface area contributed by atoms with E-state index in [1.54, 1.807) is 11.5 Å². The summed E-state index contributed by atoms with van der Waals surface area (Å²) < 4.78 is 6.33. The van der Waals surface area contributed by atoms with Crippen molar-refractivity contribution in [3.63, 3.8) is 0 Å². The standard InChI is InChI=1S/C24H19ClN2O3S2/c25-24-18-8-4-5-9-19(18)32-20(24)10-11-23(29)30-14-17-15-31-22(27-17)12-21(28)26-13-16-6-2-1-3-7-16/h1-11,15H,12-14H2,(H,26,28)/b11-10+. The summed E-state index contributed by atoms with van der Waals surface area (Å²) in [6.45, 7) is 0.525. The minimum Gasteiger partial charge on any atom is -0.456 e. The summed E-state index contributed by atoms with van der Waals surface area (Å²) in [6.07, 6.45) is 3.22. The predicted octanol–water partition coefficient (Wildman–Crippen LogP) is 5.63. The van der Waals surface area contributed by atoms with Gasteiger partial charge in [0.2, 0.25) is 5.91 Å². The summed E-state index contributed by atoms with van der Waals surface area (Å²) in [5.74, 6) is -0.580. The number of nitrogens with one attached hydrogen (secondary N) is 1. The van der Waals surface area contributed by atoms with E-state index in [2.05, 4.69) is 10.3 Å². The Morgan fingerprint density at radius 3 is 2.69 bits per heavy atom. The molecule has 2 heterocycles. The van der Waals surface area contributed by atoms with Gasteiger partial charge in [-0.2, -0.15) is 0 Å². The summed E-state index contributed by atoms with van der Waals surface area (Å²) in [5.41, 5.74) is 1.65. The third-order valence-corrected chi connectivity index (χ3v) is 7.09. The number of nitrogens with zero attached hydrogens (tertiary/aromatic N) is 1. The van der Waals surface area contributed by atoms with E-state index in [-0.39, 0.29) is 18.9 Å². The van der Waals surface area contributed by atoms with Crippen molar-refractivity contribution in [2.24, 2.45) is 0 Å². The second kappa shape index (κ2) is 10.5. The average molecular weight is 483 g/mol. The second-order valence-electron chi connectivity index (χ2n) is 6.89.